The van der Waals surface area contributed by atoms with Crippen molar-refractivity contribution >= 4 is 42.2 Å². The molecule has 1 aliphatic rings. The van der Waals surface area contributed by atoms with Crippen LogP contribution >= 0.6 is 24.8 Å². The van der Waals surface area contributed by atoms with E-state index in [9.17, 15) is 9.18 Å². The van der Waals surface area contributed by atoms with Crippen LogP contribution in [0.1, 0.15) is 16.8 Å². The lowest BCUT2D eigenvalue weighted by Gasteiger charge is -2.14. The molecule has 24 heavy (non-hydrogen) atoms. The van der Waals surface area contributed by atoms with E-state index in [-0.39, 0.29) is 48.3 Å². The molecule has 0 saturated carbocycles. The number of halogens is 3. The molecule has 1 aromatic carbocycles. The van der Waals surface area contributed by atoms with Crippen molar-refractivity contribution in [1.29, 1.82) is 0 Å². The summed E-state index contributed by atoms with van der Waals surface area (Å²) < 4.78 is 13.7. The Morgan fingerprint density at radius 3 is 2.71 bits per heavy atom. The van der Waals surface area contributed by atoms with E-state index in [0.29, 0.717) is 11.4 Å². The van der Waals surface area contributed by atoms with E-state index in [2.05, 4.69) is 20.9 Å². The van der Waals surface area contributed by atoms with Crippen molar-refractivity contribution in [2.45, 2.75) is 12.5 Å². The fraction of sp³-hybridized carbons (Fsp3) is 0.250. The Balaban J connectivity index is 0.00000144. The maximum Gasteiger partial charge on any atom is 0.255 e. The van der Waals surface area contributed by atoms with Crippen LogP contribution < -0.4 is 16.0 Å². The van der Waals surface area contributed by atoms with Crippen molar-refractivity contribution in [2.24, 2.45) is 0 Å². The van der Waals surface area contributed by atoms with E-state index in [4.69, 9.17) is 0 Å². The number of carbonyl (C=O) groups is 1. The number of carbonyl (C=O) groups excluding carboxylic acids is 1. The summed E-state index contributed by atoms with van der Waals surface area (Å²) in [6.07, 6.45) is 2.47. The van der Waals surface area contributed by atoms with Crippen LogP contribution in [0.3, 0.4) is 0 Å². The van der Waals surface area contributed by atoms with Gasteiger partial charge in [-0.15, -0.1) is 24.8 Å². The molecule has 2 heterocycles. The van der Waals surface area contributed by atoms with E-state index in [0.717, 1.165) is 19.5 Å². The average Bonchev–Trinajstić information content (AvgIpc) is 3.03. The first-order valence-corrected chi connectivity index (χ1v) is 7.22. The normalized spacial score (nSPS) is 15.8. The van der Waals surface area contributed by atoms with Gasteiger partial charge in [-0.25, -0.2) is 9.37 Å². The minimum Gasteiger partial charge on any atom is -0.348 e. The van der Waals surface area contributed by atoms with E-state index < -0.39 is 0 Å². The summed E-state index contributed by atoms with van der Waals surface area (Å²) >= 11 is 0. The number of nitrogens with one attached hydrogen (secondary N) is 3. The largest absolute Gasteiger partial charge is 0.348 e. The molecule has 0 spiro atoms. The number of para-hydroxylation sites is 1. The second kappa shape index (κ2) is 9.42. The van der Waals surface area contributed by atoms with Crippen LogP contribution in [0.25, 0.3) is 0 Å². The molecule has 8 heteroatoms. The van der Waals surface area contributed by atoms with Crippen molar-refractivity contribution in [3.05, 3.63) is 54.0 Å². The first kappa shape index (κ1) is 20.2. The van der Waals surface area contributed by atoms with Gasteiger partial charge in [-0.05, 0) is 37.2 Å². The molecule has 3 N–H and O–H groups in total. The second-order valence-corrected chi connectivity index (χ2v) is 5.17. The SMILES string of the molecule is Cl.Cl.O=C(NC1CCNC1)c1cccnc1Nc1ccccc1F. The van der Waals surface area contributed by atoms with Gasteiger partial charge in [0.25, 0.3) is 5.91 Å². The molecule has 0 bridgehead atoms. The van der Waals surface area contributed by atoms with Gasteiger partial charge in [-0.1, -0.05) is 12.1 Å². The van der Waals surface area contributed by atoms with Crippen molar-refractivity contribution in [1.82, 2.24) is 15.6 Å². The first-order chi connectivity index (χ1) is 10.7. The van der Waals surface area contributed by atoms with Crippen LogP contribution in [0, 0.1) is 5.82 Å². The van der Waals surface area contributed by atoms with Gasteiger partial charge in [0, 0.05) is 18.8 Å². The predicted octanol–water partition coefficient (Wildman–Crippen LogP) is 2.90. The van der Waals surface area contributed by atoms with Gasteiger partial charge in [-0.3, -0.25) is 4.79 Å². The van der Waals surface area contributed by atoms with Crippen molar-refractivity contribution < 1.29 is 9.18 Å². The molecule has 1 fully saturated rings. The van der Waals surface area contributed by atoms with E-state index >= 15 is 0 Å². The number of aromatic nitrogens is 1. The molecule has 5 nitrogen and oxygen atoms in total. The van der Waals surface area contributed by atoms with Crippen molar-refractivity contribution in [2.75, 3.05) is 18.4 Å². The predicted molar refractivity (Wildman–Crippen MR) is 97.2 cm³/mol. The summed E-state index contributed by atoms with van der Waals surface area (Å²) in [4.78, 5) is 16.5. The van der Waals surface area contributed by atoms with Crippen LogP contribution in [0.5, 0.6) is 0 Å². The Kier molecular flexibility index (Phi) is 7.91. The Morgan fingerprint density at radius 2 is 2.00 bits per heavy atom. The number of hydrogen-bond acceptors (Lipinski definition) is 4. The van der Waals surface area contributed by atoms with Crippen molar-refractivity contribution in [3.8, 4) is 0 Å². The van der Waals surface area contributed by atoms with Crippen LogP contribution in [0.2, 0.25) is 0 Å². The number of rotatable bonds is 4. The Morgan fingerprint density at radius 1 is 1.21 bits per heavy atom. The zero-order valence-corrected chi connectivity index (χ0v) is 14.4. The van der Waals surface area contributed by atoms with E-state index in [1.54, 1.807) is 36.5 Å². The zero-order valence-electron chi connectivity index (χ0n) is 12.8. The lowest BCUT2D eigenvalue weighted by atomic mass is 10.2. The van der Waals surface area contributed by atoms with Gasteiger partial charge in [-0.2, -0.15) is 0 Å². The Labute approximate surface area is 152 Å². The Hall–Kier alpha value is -1.89. The average molecular weight is 373 g/mol. The molecule has 1 atom stereocenters. The van der Waals surface area contributed by atoms with E-state index in [1.165, 1.54) is 6.07 Å². The molecule has 1 aliphatic heterocycles. The van der Waals surface area contributed by atoms with Gasteiger partial charge >= 0.3 is 0 Å². The molecular formula is C16H19Cl2FN4O. The highest BCUT2D eigenvalue weighted by Gasteiger charge is 2.20. The summed E-state index contributed by atoms with van der Waals surface area (Å²) in [7, 11) is 0. The monoisotopic (exact) mass is 372 g/mol. The van der Waals surface area contributed by atoms with Crippen LogP contribution in [-0.2, 0) is 0 Å². The first-order valence-electron chi connectivity index (χ1n) is 7.22. The third-order valence-electron chi connectivity index (χ3n) is 3.57. The molecule has 0 radical (unpaired) electrons. The third kappa shape index (κ3) is 4.80. The topological polar surface area (TPSA) is 66.0 Å². The molecule has 3 rings (SSSR count). The molecule has 130 valence electrons. The molecule has 2 aromatic rings. The fourth-order valence-electron chi connectivity index (χ4n) is 2.42. The number of anilines is 2. The number of nitrogens with zero attached hydrogens (tertiary/aromatic N) is 1. The fourth-order valence-corrected chi connectivity index (χ4v) is 2.42. The highest BCUT2D eigenvalue weighted by Crippen LogP contribution is 2.21. The quantitative estimate of drug-likeness (QED) is 0.771. The highest BCUT2D eigenvalue weighted by molar-refractivity contribution is 5.99. The summed E-state index contributed by atoms with van der Waals surface area (Å²) in [5.74, 6) is -0.254. The summed E-state index contributed by atoms with van der Waals surface area (Å²) in [6.45, 7) is 1.67. The molecule has 0 aliphatic carbocycles. The highest BCUT2D eigenvalue weighted by atomic mass is 35.5. The maximum atomic E-state index is 13.7. The minimum absolute atomic E-state index is 0. The third-order valence-corrected chi connectivity index (χ3v) is 3.57. The van der Waals surface area contributed by atoms with Gasteiger partial charge in [0.1, 0.15) is 11.6 Å². The van der Waals surface area contributed by atoms with E-state index in [1.807, 2.05) is 0 Å². The molecule has 1 aromatic heterocycles. The zero-order chi connectivity index (χ0) is 15.4. The molecular weight excluding hydrogens is 354 g/mol. The number of pyridine rings is 1. The smallest absolute Gasteiger partial charge is 0.255 e. The summed E-state index contributed by atoms with van der Waals surface area (Å²) in [5, 5.41) is 9.04. The number of benzene rings is 1. The number of hydrogen-bond donors (Lipinski definition) is 3. The van der Waals surface area contributed by atoms with Gasteiger partial charge in [0.05, 0.1) is 11.3 Å². The van der Waals surface area contributed by atoms with Gasteiger partial charge in [0.15, 0.2) is 0 Å². The molecule has 1 unspecified atom stereocenters. The van der Waals surface area contributed by atoms with Gasteiger partial charge in [0.2, 0.25) is 0 Å². The molecule has 1 saturated heterocycles. The van der Waals surface area contributed by atoms with Crippen molar-refractivity contribution in [3.63, 3.8) is 0 Å². The standard InChI is InChI=1S/C16H17FN4O.2ClH/c17-13-5-1-2-6-14(13)21-15-12(4-3-8-19-15)16(22)20-11-7-9-18-10-11;;/h1-6,8,11,18H,7,9-10H2,(H,19,21)(H,20,22);2*1H. The lowest BCUT2D eigenvalue weighted by molar-refractivity contribution is 0.0940. The minimum atomic E-state index is -0.389. The molecule has 1 amide bonds. The Bertz CT molecular complexity index is 681. The van der Waals surface area contributed by atoms with Crippen LogP contribution in [0.15, 0.2) is 42.6 Å². The summed E-state index contributed by atoms with van der Waals surface area (Å²) in [6, 6.07) is 9.77. The summed E-state index contributed by atoms with van der Waals surface area (Å²) in [5.41, 5.74) is 0.690. The van der Waals surface area contributed by atoms with Crippen LogP contribution in [-0.4, -0.2) is 30.0 Å². The number of amides is 1. The van der Waals surface area contributed by atoms with Crippen LogP contribution in [0.4, 0.5) is 15.9 Å². The maximum absolute atomic E-state index is 13.7. The van der Waals surface area contributed by atoms with Gasteiger partial charge < -0.3 is 16.0 Å². The second-order valence-electron chi connectivity index (χ2n) is 5.17. The lowest BCUT2D eigenvalue weighted by Crippen LogP contribution is -2.36.